The summed E-state index contributed by atoms with van der Waals surface area (Å²) in [6.45, 7) is 0. The molecule has 0 aromatic carbocycles. The first-order valence-electron chi connectivity index (χ1n) is 2.20. The van der Waals surface area contributed by atoms with Gasteiger partial charge in [0.1, 0.15) is 0 Å². The smallest absolute Gasteiger partial charge is 0.0797 e. The van der Waals surface area contributed by atoms with Gasteiger partial charge in [-0.15, -0.1) is 11.3 Å². The lowest BCUT2D eigenvalue weighted by molar-refractivity contribution is 1.42. The Morgan fingerprint density at radius 3 is 3.12 bits per heavy atom. The number of hydrogen-bond donors (Lipinski definition) is 1. The van der Waals surface area contributed by atoms with Gasteiger partial charge in [-0.2, -0.15) is 0 Å². The van der Waals surface area contributed by atoms with Crippen molar-refractivity contribution in [1.29, 1.82) is 0 Å². The molecule has 0 aliphatic rings. The van der Waals surface area contributed by atoms with E-state index in [0.717, 1.165) is 4.88 Å². The third-order valence-electron chi connectivity index (χ3n) is 0.712. The maximum atomic E-state index is 5.12. The minimum Gasteiger partial charge on any atom is -0.405 e. The first-order valence-corrected chi connectivity index (χ1v) is 3.08. The molecule has 8 heavy (non-hydrogen) atoms. The summed E-state index contributed by atoms with van der Waals surface area (Å²) < 4.78 is 0. The molecule has 0 aliphatic carbocycles. The minimum atomic E-state index is 1.09. The van der Waals surface area contributed by atoms with Crippen LogP contribution in [0.5, 0.6) is 0 Å². The van der Waals surface area contributed by atoms with Crippen LogP contribution in [0.25, 0.3) is 6.08 Å². The molecule has 0 saturated carbocycles. The van der Waals surface area contributed by atoms with Crippen molar-refractivity contribution in [2.24, 2.45) is 5.73 Å². The molecule has 0 amide bonds. The molecule has 2 nitrogen and oxygen atoms in total. The fourth-order valence-corrected chi connectivity index (χ4v) is 0.925. The van der Waals surface area contributed by atoms with Crippen molar-refractivity contribution < 1.29 is 0 Å². The Bertz CT molecular complexity index is 167. The number of thiazole rings is 1. The number of nitrogens with two attached hydrogens (primary N) is 1. The molecule has 1 aromatic heterocycles. The average molecular weight is 126 g/mol. The summed E-state index contributed by atoms with van der Waals surface area (Å²) in [6, 6.07) is 0. The van der Waals surface area contributed by atoms with E-state index < -0.39 is 0 Å². The number of nitrogens with zero attached hydrogens (tertiary/aromatic N) is 1. The van der Waals surface area contributed by atoms with Crippen LogP contribution < -0.4 is 5.73 Å². The second kappa shape index (κ2) is 2.47. The Labute approximate surface area is 51.7 Å². The second-order valence-corrected chi connectivity index (χ2v) is 2.18. The molecule has 0 bridgehead atoms. The molecule has 0 unspecified atom stereocenters. The molecule has 0 fully saturated rings. The fraction of sp³-hybridized carbons (Fsp3) is 0. The molecule has 0 radical (unpaired) electrons. The van der Waals surface area contributed by atoms with Crippen LogP contribution in [0.4, 0.5) is 0 Å². The SMILES string of the molecule is NC=Cc1cncs1. The van der Waals surface area contributed by atoms with Gasteiger partial charge in [0.15, 0.2) is 0 Å². The lowest BCUT2D eigenvalue weighted by atomic mass is 10.5. The van der Waals surface area contributed by atoms with Gasteiger partial charge >= 0.3 is 0 Å². The van der Waals surface area contributed by atoms with E-state index >= 15 is 0 Å². The Hall–Kier alpha value is -0.830. The highest BCUT2D eigenvalue weighted by Gasteiger charge is 1.82. The molecule has 1 aromatic rings. The van der Waals surface area contributed by atoms with Gasteiger partial charge in [0.05, 0.1) is 5.51 Å². The fourth-order valence-electron chi connectivity index (χ4n) is 0.403. The van der Waals surface area contributed by atoms with Gasteiger partial charge in [0.2, 0.25) is 0 Å². The van der Waals surface area contributed by atoms with E-state index in [9.17, 15) is 0 Å². The van der Waals surface area contributed by atoms with Crippen molar-refractivity contribution >= 4 is 17.4 Å². The van der Waals surface area contributed by atoms with Crippen LogP contribution >= 0.6 is 11.3 Å². The van der Waals surface area contributed by atoms with E-state index in [1.54, 1.807) is 23.0 Å². The Kier molecular flexibility index (Phi) is 1.64. The van der Waals surface area contributed by atoms with E-state index in [1.165, 1.54) is 6.20 Å². The zero-order valence-corrected chi connectivity index (χ0v) is 5.06. The first-order chi connectivity index (χ1) is 3.93. The molecule has 0 atom stereocenters. The van der Waals surface area contributed by atoms with Gasteiger partial charge in [-0.05, 0) is 12.3 Å². The van der Waals surface area contributed by atoms with E-state index in [4.69, 9.17) is 5.73 Å². The summed E-state index contributed by atoms with van der Waals surface area (Å²) in [4.78, 5) is 4.94. The van der Waals surface area contributed by atoms with Gasteiger partial charge in [-0.1, -0.05) is 0 Å². The summed E-state index contributed by atoms with van der Waals surface area (Å²) in [6.07, 6.45) is 5.10. The summed E-state index contributed by atoms with van der Waals surface area (Å²) in [5.41, 5.74) is 6.89. The average Bonchev–Trinajstić information content (AvgIpc) is 2.19. The monoisotopic (exact) mass is 126 g/mol. The van der Waals surface area contributed by atoms with Crippen LogP contribution in [-0.2, 0) is 0 Å². The lowest BCUT2D eigenvalue weighted by Crippen LogP contribution is -1.72. The Morgan fingerprint density at radius 1 is 1.75 bits per heavy atom. The van der Waals surface area contributed by atoms with E-state index in [-0.39, 0.29) is 0 Å². The molecule has 0 aliphatic heterocycles. The van der Waals surface area contributed by atoms with Crippen LogP contribution in [0.3, 0.4) is 0 Å². The Morgan fingerprint density at radius 2 is 2.62 bits per heavy atom. The third-order valence-corrected chi connectivity index (χ3v) is 1.45. The molecular formula is C5H6N2S. The summed E-state index contributed by atoms with van der Waals surface area (Å²) in [7, 11) is 0. The van der Waals surface area contributed by atoms with Crippen molar-refractivity contribution in [3.8, 4) is 0 Å². The zero-order chi connectivity index (χ0) is 5.82. The van der Waals surface area contributed by atoms with Gasteiger partial charge in [-0.25, -0.2) is 0 Å². The van der Waals surface area contributed by atoms with Gasteiger partial charge < -0.3 is 5.73 Å². The van der Waals surface area contributed by atoms with Crippen LogP contribution in [0.2, 0.25) is 0 Å². The molecule has 2 N–H and O–H groups in total. The highest BCUT2D eigenvalue weighted by molar-refractivity contribution is 7.10. The molecule has 42 valence electrons. The lowest BCUT2D eigenvalue weighted by Gasteiger charge is -1.73. The quantitative estimate of drug-likeness (QED) is 0.611. The van der Waals surface area contributed by atoms with Crippen molar-refractivity contribution in [1.82, 2.24) is 4.98 Å². The molecule has 3 heteroatoms. The topological polar surface area (TPSA) is 38.9 Å². The number of hydrogen-bond acceptors (Lipinski definition) is 3. The Balaban J connectivity index is 2.77. The highest BCUT2D eigenvalue weighted by atomic mass is 32.1. The number of rotatable bonds is 1. The van der Waals surface area contributed by atoms with Crippen LogP contribution in [0.15, 0.2) is 17.9 Å². The van der Waals surface area contributed by atoms with E-state index in [0.29, 0.717) is 0 Å². The van der Waals surface area contributed by atoms with Gasteiger partial charge in [0, 0.05) is 11.1 Å². The van der Waals surface area contributed by atoms with Gasteiger partial charge in [0.25, 0.3) is 0 Å². The summed E-state index contributed by atoms with van der Waals surface area (Å²) in [5, 5.41) is 0. The van der Waals surface area contributed by atoms with Crippen LogP contribution in [-0.4, -0.2) is 4.98 Å². The molecular weight excluding hydrogens is 120 g/mol. The predicted octanol–water partition coefficient (Wildman–Crippen LogP) is 1.07. The molecule has 0 spiro atoms. The maximum Gasteiger partial charge on any atom is 0.0797 e. The van der Waals surface area contributed by atoms with E-state index in [1.807, 2.05) is 6.08 Å². The first kappa shape index (κ1) is 5.31. The standard InChI is InChI=1S/C5H6N2S/c6-2-1-5-3-7-4-8-5/h1-4H,6H2. The zero-order valence-electron chi connectivity index (χ0n) is 4.24. The predicted molar refractivity (Wildman–Crippen MR) is 35.3 cm³/mol. The van der Waals surface area contributed by atoms with Crippen LogP contribution in [0, 0.1) is 0 Å². The van der Waals surface area contributed by atoms with Crippen LogP contribution in [0.1, 0.15) is 4.88 Å². The second-order valence-electron chi connectivity index (χ2n) is 1.26. The summed E-state index contributed by atoms with van der Waals surface area (Å²) >= 11 is 1.57. The normalized spacial score (nSPS) is 10.5. The van der Waals surface area contributed by atoms with Crippen molar-refractivity contribution in [2.75, 3.05) is 0 Å². The largest absolute Gasteiger partial charge is 0.405 e. The number of aromatic nitrogens is 1. The summed E-state index contributed by atoms with van der Waals surface area (Å²) in [5.74, 6) is 0. The third kappa shape index (κ3) is 1.07. The van der Waals surface area contributed by atoms with Crippen molar-refractivity contribution in [2.45, 2.75) is 0 Å². The molecule has 0 saturated heterocycles. The maximum absolute atomic E-state index is 5.12. The minimum absolute atomic E-state index is 1.09. The molecule has 1 rings (SSSR count). The highest BCUT2D eigenvalue weighted by Crippen LogP contribution is 2.05. The van der Waals surface area contributed by atoms with Crippen molar-refractivity contribution in [3.63, 3.8) is 0 Å². The molecule has 1 heterocycles. The van der Waals surface area contributed by atoms with Crippen molar-refractivity contribution in [3.05, 3.63) is 22.8 Å². The van der Waals surface area contributed by atoms with Gasteiger partial charge in [-0.3, -0.25) is 4.98 Å². The van der Waals surface area contributed by atoms with E-state index in [2.05, 4.69) is 4.98 Å².